The third-order valence-corrected chi connectivity index (χ3v) is 9.63. The van der Waals surface area contributed by atoms with Crippen LogP contribution >= 0.6 is 11.8 Å². The van der Waals surface area contributed by atoms with Gasteiger partial charge >= 0.3 is 12.1 Å². The number of hydrogen-bond acceptors (Lipinski definition) is 8. The van der Waals surface area contributed by atoms with Gasteiger partial charge in [-0.25, -0.2) is 32.6 Å². The topological polar surface area (TPSA) is 140 Å². The molecule has 45 heavy (non-hydrogen) atoms. The molecule has 1 atom stereocenters. The Balaban J connectivity index is 1.70. The molecule has 2 N–H and O–H groups in total. The number of rotatable bonds is 14. The van der Waals surface area contributed by atoms with E-state index in [4.69, 9.17) is 9.72 Å². The van der Waals surface area contributed by atoms with E-state index < -0.39 is 33.7 Å². The van der Waals surface area contributed by atoms with Gasteiger partial charge in [-0.3, -0.25) is 4.79 Å². The quantitative estimate of drug-likeness (QED) is 0.212. The van der Waals surface area contributed by atoms with E-state index in [2.05, 4.69) is 17.0 Å². The van der Waals surface area contributed by atoms with Crippen molar-refractivity contribution in [2.45, 2.75) is 81.9 Å². The number of nitrogens with zero attached hydrogens (tertiary/aromatic N) is 3. The van der Waals surface area contributed by atoms with E-state index in [1.807, 2.05) is 48.9 Å². The molecule has 1 saturated heterocycles. The van der Waals surface area contributed by atoms with Gasteiger partial charge in [0.25, 0.3) is 15.9 Å². The van der Waals surface area contributed by atoms with Crippen LogP contribution in [0.2, 0.25) is 0 Å². The van der Waals surface area contributed by atoms with Gasteiger partial charge < -0.3 is 14.6 Å². The van der Waals surface area contributed by atoms with E-state index in [1.54, 1.807) is 25.1 Å². The van der Waals surface area contributed by atoms with Gasteiger partial charge in [-0.1, -0.05) is 69.7 Å². The summed E-state index contributed by atoms with van der Waals surface area (Å²) in [4.78, 5) is 44.6. The molecule has 0 spiro atoms. The number of aromatic nitrogens is 2. The molecule has 1 unspecified atom stereocenters. The van der Waals surface area contributed by atoms with Gasteiger partial charge in [0.15, 0.2) is 0 Å². The fourth-order valence-corrected chi connectivity index (χ4v) is 7.17. The Morgan fingerprint density at radius 3 is 2.38 bits per heavy atom. The number of imide groups is 1. The molecule has 11 nitrogen and oxygen atoms in total. The van der Waals surface area contributed by atoms with Gasteiger partial charge in [0.05, 0.1) is 4.90 Å². The number of benzene rings is 2. The van der Waals surface area contributed by atoms with Gasteiger partial charge in [0.1, 0.15) is 16.5 Å². The van der Waals surface area contributed by atoms with Crippen molar-refractivity contribution in [3.05, 3.63) is 65.6 Å². The summed E-state index contributed by atoms with van der Waals surface area (Å²) in [6, 6.07) is 13.1. The van der Waals surface area contributed by atoms with Gasteiger partial charge in [0.2, 0.25) is 5.60 Å². The molecule has 0 aliphatic carbocycles. The summed E-state index contributed by atoms with van der Waals surface area (Å²) in [5, 5.41) is 3.16. The van der Waals surface area contributed by atoms with Crippen molar-refractivity contribution in [3.63, 3.8) is 0 Å². The zero-order chi connectivity index (χ0) is 32.8. The second kappa shape index (κ2) is 14.5. The standard InChI is InChI=1S/C32H41N5O6S2/c1-6-9-14-26-34-28(44-5)27(32(4)29(38)36(20-8-3)31(40)43-32)37(26)21-22-15-17-23(18-16-22)24-12-10-11-13-25(24)45(41,42)35-30(39)33-19-7-2/h10-13,15-18H,6-9,14,19-21H2,1-5H3,(H2,33,35,39). The summed E-state index contributed by atoms with van der Waals surface area (Å²) in [6.45, 7) is 8.49. The lowest BCUT2D eigenvalue weighted by Gasteiger charge is -2.24. The maximum atomic E-state index is 13.6. The average Bonchev–Trinajstić information content (AvgIpc) is 3.48. The molecule has 242 valence electrons. The summed E-state index contributed by atoms with van der Waals surface area (Å²) < 4.78 is 36.1. The molecule has 2 aromatic carbocycles. The molecular formula is C32H41N5O6S2. The average molecular weight is 656 g/mol. The Kier molecular flexibility index (Phi) is 11.0. The highest BCUT2D eigenvalue weighted by molar-refractivity contribution is 7.98. The normalized spacial score (nSPS) is 16.6. The number of carbonyl (C=O) groups excluding carboxylic acids is 3. The fourth-order valence-electron chi connectivity index (χ4n) is 5.32. The van der Waals surface area contributed by atoms with Crippen molar-refractivity contribution in [1.29, 1.82) is 0 Å². The van der Waals surface area contributed by atoms with E-state index in [1.165, 1.54) is 17.8 Å². The monoisotopic (exact) mass is 655 g/mol. The molecule has 4 rings (SSSR count). The van der Waals surface area contributed by atoms with Crippen LogP contribution in [0.3, 0.4) is 0 Å². The van der Waals surface area contributed by atoms with Crippen molar-refractivity contribution < 1.29 is 27.5 Å². The van der Waals surface area contributed by atoms with Crippen LogP contribution in [0, 0.1) is 0 Å². The van der Waals surface area contributed by atoms with Crippen LogP contribution in [0.25, 0.3) is 11.1 Å². The molecule has 0 radical (unpaired) electrons. The van der Waals surface area contributed by atoms with Gasteiger partial charge in [-0.2, -0.15) is 0 Å². The molecule has 1 aliphatic heterocycles. The van der Waals surface area contributed by atoms with Crippen LogP contribution in [-0.4, -0.2) is 60.2 Å². The van der Waals surface area contributed by atoms with Crippen LogP contribution in [-0.2, 0) is 38.1 Å². The first-order chi connectivity index (χ1) is 21.5. The number of unbranched alkanes of at least 4 members (excludes halogenated alkanes) is 1. The Morgan fingerprint density at radius 1 is 1.02 bits per heavy atom. The first-order valence-electron chi connectivity index (χ1n) is 15.2. The van der Waals surface area contributed by atoms with Crippen molar-refractivity contribution in [2.24, 2.45) is 0 Å². The Morgan fingerprint density at radius 2 is 1.73 bits per heavy atom. The molecule has 0 saturated carbocycles. The van der Waals surface area contributed by atoms with Crippen molar-refractivity contribution in [1.82, 2.24) is 24.5 Å². The molecule has 1 aliphatic rings. The van der Waals surface area contributed by atoms with Crippen molar-refractivity contribution in [2.75, 3.05) is 19.3 Å². The second-order valence-electron chi connectivity index (χ2n) is 11.0. The highest BCUT2D eigenvalue weighted by Gasteiger charge is 2.54. The number of amides is 4. The first kappa shape index (κ1) is 34.0. The summed E-state index contributed by atoms with van der Waals surface area (Å²) in [5.74, 6) is 0.390. The van der Waals surface area contributed by atoms with Gasteiger partial charge in [0, 0.05) is 31.6 Å². The molecule has 13 heteroatoms. The van der Waals surface area contributed by atoms with E-state index in [-0.39, 0.29) is 11.4 Å². The second-order valence-corrected chi connectivity index (χ2v) is 13.4. The predicted octanol–water partition coefficient (Wildman–Crippen LogP) is 5.66. The predicted molar refractivity (Wildman–Crippen MR) is 173 cm³/mol. The lowest BCUT2D eigenvalue weighted by Crippen LogP contribution is -2.39. The number of ether oxygens (including phenoxy) is 1. The van der Waals surface area contributed by atoms with Crippen LogP contribution in [0.5, 0.6) is 0 Å². The summed E-state index contributed by atoms with van der Waals surface area (Å²) in [5.41, 5.74) is 1.00. The number of sulfonamides is 1. The minimum atomic E-state index is -4.14. The number of carbonyl (C=O) groups is 3. The minimum absolute atomic E-state index is 0.0149. The first-order valence-corrected chi connectivity index (χ1v) is 17.9. The number of aryl methyl sites for hydroxylation is 1. The SMILES string of the molecule is CCCCc1nc(SC)c(C2(C)OC(=O)N(CCC)C2=O)n1Cc1ccc(-c2ccccc2S(=O)(=O)NC(=O)NCCC)cc1. The van der Waals surface area contributed by atoms with Crippen LogP contribution in [0.4, 0.5) is 9.59 Å². The smallest absolute Gasteiger partial charge is 0.418 e. The van der Waals surface area contributed by atoms with Gasteiger partial charge in [-0.05, 0) is 49.6 Å². The molecule has 1 aromatic heterocycles. The van der Waals surface area contributed by atoms with Crippen molar-refractivity contribution in [3.8, 4) is 11.1 Å². The number of thioether (sulfide) groups is 1. The van der Waals surface area contributed by atoms with E-state index in [0.29, 0.717) is 54.2 Å². The van der Waals surface area contributed by atoms with Gasteiger partial charge in [-0.15, -0.1) is 11.8 Å². The van der Waals surface area contributed by atoms with Crippen molar-refractivity contribution >= 4 is 39.8 Å². The molecule has 2 heterocycles. The highest BCUT2D eigenvalue weighted by Crippen LogP contribution is 2.40. The Bertz CT molecular complexity index is 1650. The maximum absolute atomic E-state index is 13.6. The number of imidazole rings is 1. The zero-order valence-corrected chi connectivity index (χ0v) is 28.0. The minimum Gasteiger partial charge on any atom is -0.426 e. The molecule has 1 fully saturated rings. The third kappa shape index (κ3) is 7.19. The van der Waals surface area contributed by atoms with E-state index >= 15 is 0 Å². The number of cyclic esters (lactones) is 1. The Labute approximate surface area is 269 Å². The fraction of sp³-hybridized carbons (Fsp3) is 0.438. The summed E-state index contributed by atoms with van der Waals surface area (Å²) in [7, 11) is -4.14. The molecule has 4 amide bonds. The molecule has 3 aromatic rings. The maximum Gasteiger partial charge on any atom is 0.418 e. The lowest BCUT2D eigenvalue weighted by molar-refractivity contribution is -0.137. The lowest BCUT2D eigenvalue weighted by atomic mass is 10.0. The Hall–Kier alpha value is -3.84. The molecular weight excluding hydrogens is 615 g/mol. The zero-order valence-electron chi connectivity index (χ0n) is 26.4. The summed E-state index contributed by atoms with van der Waals surface area (Å²) >= 11 is 1.40. The number of urea groups is 1. The van der Waals surface area contributed by atoms with E-state index in [0.717, 1.165) is 29.1 Å². The number of nitrogens with one attached hydrogen (secondary N) is 2. The molecule has 0 bridgehead atoms. The van der Waals surface area contributed by atoms with Crippen LogP contribution in [0.15, 0.2) is 58.5 Å². The highest BCUT2D eigenvalue weighted by atomic mass is 32.2. The van der Waals surface area contributed by atoms with Crippen LogP contribution < -0.4 is 10.0 Å². The largest absolute Gasteiger partial charge is 0.426 e. The summed E-state index contributed by atoms with van der Waals surface area (Å²) in [6.07, 6.45) is 5.05. The third-order valence-electron chi connectivity index (χ3n) is 7.57. The van der Waals surface area contributed by atoms with Crippen LogP contribution in [0.1, 0.15) is 70.5 Å². The van der Waals surface area contributed by atoms with E-state index in [9.17, 15) is 22.8 Å². The number of hydrogen-bond donors (Lipinski definition) is 2.